The first-order chi connectivity index (χ1) is 9.80. The average molecular weight is 342 g/mol. The topological polar surface area (TPSA) is 22.1 Å². The summed E-state index contributed by atoms with van der Waals surface area (Å²) in [6.07, 6.45) is 1.76. The molecule has 0 unspecified atom stereocenters. The van der Waals surface area contributed by atoms with E-state index in [9.17, 15) is 0 Å². The van der Waals surface area contributed by atoms with E-state index in [0.717, 1.165) is 21.0 Å². The van der Waals surface area contributed by atoms with Crippen LogP contribution in [0, 0.1) is 0 Å². The van der Waals surface area contributed by atoms with Gasteiger partial charge < -0.3 is 4.43 Å². The Kier molecular flexibility index (Phi) is 5.01. The number of nitrogens with zero attached hydrogens (tertiary/aromatic N) is 1. The number of halogens is 1. The number of aromatic nitrogens is 1. The van der Waals surface area contributed by atoms with E-state index >= 15 is 0 Å². The Morgan fingerprint density at radius 1 is 1.10 bits per heavy atom. The smallest absolute Gasteiger partial charge is 0.258 e. The van der Waals surface area contributed by atoms with Crippen LogP contribution in [-0.4, -0.2) is 13.3 Å². The monoisotopic (exact) mass is 341 g/mol. The van der Waals surface area contributed by atoms with E-state index in [1.807, 2.05) is 6.07 Å². The van der Waals surface area contributed by atoms with Gasteiger partial charge in [-0.3, -0.25) is 4.98 Å². The molecule has 2 aromatic rings. The van der Waals surface area contributed by atoms with Crippen molar-refractivity contribution >= 4 is 41.5 Å². The summed E-state index contributed by atoms with van der Waals surface area (Å²) in [6, 6.07) is 1.84. The summed E-state index contributed by atoms with van der Waals surface area (Å²) < 4.78 is 7.74. The normalized spacial score (nSPS) is 12.9. The molecule has 5 heteroatoms. The minimum atomic E-state index is -1.94. The van der Waals surface area contributed by atoms with Crippen LogP contribution in [0.1, 0.15) is 41.5 Å². The van der Waals surface area contributed by atoms with Crippen LogP contribution in [0.15, 0.2) is 17.6 Å². The van der Waals surface area contributed by atoms with Crippen LogP contribution in [-0.2, 0) is 0 Å². The van der Waals surface area contributed by atoms with Crippen molar-refractivity contribution in [1.29, 1.82) is 0 Å². The zero-order valence-electron chi connectivity index (χ0n) is 13.6. The summed E-state index contributed by atoms with van der Waals surface area (Å²) in [5, 5.41) is 2.82. The van der Waals surface area contributed by atoms with Gasteiger partial charge in [-0.2, -0.15) is 0 Å². The van der Waals surface area contributed by atoms with E-state index < -0.39 is 8.32 Å². The first-order valence-corrected chi connectivity index (χ1v) is 10.9. The van der Waals surface area contributed by atoms with Crippen LogP contribution in [0.2, 0.25) is 21.6 Å². The van der Waals surface area contributed by atoms with Crippen molar-refractivity contribution in [2.45, 2.75) is 58.2 Å². The van der Waals surface area contributed by atoms with Crippen molar-refractivity contribution in [2.75, 3.05) is 0 Å². The number of thiophene rings is 1. The zero-order valence-corrected chi connectivity index (χ0v) is 16.2. The van der Waals surface area contributed by atoms with E-state index in [-0.39, 0.29) is 0 Å². The molecule has 2 aromatic heterocycles. The second-order valence-electron chi connectivity index (χ2n) is 6.49. The fraction of sp³-hybridized carbons (Fsp3) is 0.562. The molecule has 2 nitrogen and oxygen atoms in total. The van der Waals surface area contributed by atoms with E-state index in [1.165, 1.54) is 0 Å². The standard InChI is InChI=1S/C16H24ClNOSSi/c1-10(2)21(11(3)4,12(5)6)19-14-9-20-16-13(17)7-8-18-15(14)16/h7-12H,1-6H3. The van der Waals surface area contributed by atoms with E-state index in [1.54, 1.807) is 17.5 Å². The molecule has 0 atom stereocenters. The third kappa shape index (κ3) is 2.86. The summed E-state index contributed by atoms with van der Waals surface area (Å²) in [5.74, 6) is 0.917. The van der Waals surface area contributed by atoms with Gasteiger partial charge in [-0.1, -0.05) is 53.1 Å². The van der Waals surface area contributed by atoms with Gasteiger partial charge in [0.1, 0.15) is 11.3 Å². The summed E-state index contributed by atoms with van der Waals surface area (Å²) in [6.45, 7) is 13.8. The first kappa shape index (κ1) is 16.8. The number of pyridine rings is 1. The minimum absolute atomic E-state index is 0.548. The van der Waals surface area contributed by atoms with Crippen molar-refractivity contribution in [1.82, 2.24) is 4.98 Å². The van der Waals surface area contributed by atoms with Crippen LogP contribution in [0.25, 0.3) is 10.2 Å². The molecule has 0 saturated carbocycles. The summed E-state index contributed by atoms with van der Waals surface area (Å²) in [4.78, 5) is 4.49. The lowest BCUT2D eigenvalue weighted by atomic mass is 10.4. The lowest BCUT2D eigenvalue weighted by Crippen LogP contribution is -2.50. The highest BCUT2D eigenvalue weighted by Gasteiger charge is 2.47. The van der Waals surface area contributed by atoms with Crippen LogP contribution < -0.4 is 4.43 Å². The predicted molar refractivity (Wildman–Crippen MR) is 96.3 cm³/mol. The molecule has 0 aromatic carbocycles. The molecule has 0 spiro atoms. The lowest BCUT2D eigenvalue weighted by molar-refractivity contribution is 0.485. The van der Waals surface area contributed by atoms with Crippen LogP contribution in [0.5, 0.6) is 5.75 Å². The molecule has 2 heterocycles. The Hall–Kier alpha value is -0.583. The van der Waals surface area contributed by atoms with Gasteiger partial charge in [-0.15, -0.1) is 11.3 Å². The quantitative estimate of drug-likeness (QED) is 0.579. The molecule has 116 valence electrons. The molecule has 0 aliphatic heterocycles. The Balaban J connectivity index is 2.51. The molecule has 0 bridgehead atoms. The number of hydrogen-bond acceptors (Lipinski definition) is 3. The maximum absolute atomic E-state index is 6.72. The van der Waals surface area contributed by atoms with Gasteiger partial charge in [0, 0.05) is 11.6 Å². The highest BCUT2D eigenvalue weighted by molar-refractivity contribution is 7.18. The Bertz CT molecular complexity index is 602. The fourth-order valence-electron chi connectivity index (χ4n) is 3.50. The molecule has 0 aliphatic rings. The van der Waals surface area contributed by atoms with Crippen LogP contribution in [0.3, 0.4) is 0 Å². The molecule has 0 radical (unpaired) electrons. The van der Waals surface area contributed by atoms with Gasteiger partial charge in [-0.25, -0.2) is 0 Å². The summed E-state index contributed by atoms with van der Waals surface area (Å²) in [5.41, 5.74) is 2.55. The summed E-state index contributed by atoms with van der Waals surface area (Å²) >= 11 is 7.87. The van der Waals surface area contributed by atoms with Gasteiger partial charge >= 0.3 is 0 Å². The van der Waals surface area contributed by atoms with Crippen LogP contribution in [0.4, 0.5) is 0 Å². The molecular formula is C16H24ClNOSSi. The molecular weight excluding hydrogens is 318 g/mol. The van der Waals surface area contributed by atoms with Gasteiger partial charge in [0.15, 0.2) is 0 Å². The number of hydrogen-bond donors (Lipinski definition) is 0. The van der Waals surface area contributed by atoms with E-state index in [2.05, 4.69) is 51.9 Å². The molecule has 0 N–H and O–H groups in total. The van der Waals surface area contributed by atoms with Crippen molar-refractivity contribution < 1.29 is 4.43 Å². The Labute approximate surface area is 137 Å². The largest absolute Gasteiger partial charge is 0.541 e. The molecule has 0 aliphatic carbocycles. The molecule has 2 rings (SSSR count). The summed E-state index contributed by atoms with van der Waals surface area (Å²) in [7, 11) is -1.94. The van der Waals surface area contributed by atoms with E-state index in [0.29, 0.717) is 16.6 Å². The van der Waals surface area contributed by atoms with Gasteiger partial charge in [0.05, 0.1) is 9.72 Å². The fourth-order valence-corrected chi connectivity index (χ4v) is 9.94. The van der Waals surface area contributed by atoms with Crippen molar-refractivity contribution in [3.05, 3.63) is 22.7 Å². The predicted octanol–water partition coefficient (Wildman–Crippen LogP) is 6.50. The number of rotatable bonds is 5. The highest BCUT2D eigenvalue weighted by Crippen LogP contribution is 2.45. The lowest BCUT2D eigenvalue weighted by Gasteiger charge is -2.41. The van der Waals surface area contributed by atoms with Gasteiger partial charge in [0.25, 0.3) is 8.32 Å². The zero-order chi connectivity index (χ0) is 15.8. The molecule has 0 saturated heterocycles. The van der Waals surface area contributed by atoms with Crippen molar-refractivity contribution in [3.8, 4) is 5.75 Å². The third-order valence-corrected chi connectivity index (χ3v) is 11.8. The Morgan fingerprint density at radius 2 is 1.67 bits per heavy atom. The van der Waals surface area contributed by atoms with Crippen molar-refractivity contribution in [2.24, 2.45) is 0 Å². The molecule has 21 heavy (non-hydrogen) atoms. The SMILES string of the molecule is CC(C)[Si](Oc1csc2c(Cl)ccnc12)(C(C)C)C(C)C. The minimum Gasteiger partial charge on any atom is -0.541 e. The second kappa shape index (κ2) is 6.27. The maximum atomic E-state index is 6.72. The molecule has 0 amide bonds. The van der Waals surface area contributed by atoms with Gasteiger partial charge in [0.2, 0.25) is 0 Å². The van der Waals surface area contributed by atoms with Crippen LogP contribution >= 0.6 is 22.9 Å². The molecule has 0 fully saturated rings. The van der Waals surface area contributed by atoms with Gasteiger partial charge in [-0.05, 0) is 22.7 Å². The number of fused-ring (bicyclic) bond motifs is 1. The first-order valence-electron chi connectivity index (χ1n) is 7.51. The Morgan fingerprint density at radius 3 is 2.19 bits per heavy atom. The average Bonchev–Trinajstić information content (AvgIpc) is 2.79. The van der Waals surface area contributed by atoms with Crippen molar-refractivity contribution in [3.63, 3.8) is 0 Å². The maximum Gasteiger partial charge on any atom is 0.258 e. The second-order valence-corrected chi connectivity index (χ2v) is 13.2. The highest BCUT2D eigenvalue weighted by atomic mass is 35.5. The third-order valence-electron chi connectivity index (χ3n) is 4.37. The van der Waals surface area contributed by atoms with E-state index in [4.69, 9.17) is 16.0 Å².